The maximum absolute atomic E-state index is 12.4. The van der Waals surface area contributed by atoms with E-state index in [2.05, 4.69) is 31.3 Å². The van der Waals surface area contributed by atoms with Gasteiger partial charge in [0.05, 0.1) is 0 Å². The van der Waals surface area contributed by atoms with Crippen LogP contribution in [0.25, 0.3) is 0 Å². The Labute approximate surface area is 130 Å². The van der Waals surface area contributed by atoms with Gasteiger partial charge >= 0.3 is 6.61 Å². The zero-order valence-electron chi connectivity index (χ0n) is 11.5. The molecule has 1 amide bonds. The molecule has 1 unspecified atom stereocenters. The zero-order chi connectivity index (χ0) is 15.4. The van der Waals surface area contributed by atoms with Crippen LogP contribution in [-0.4, -0.2) is 25.6 Å². The fourth-order valence-electron chi connectivity index (χ4n) is 2.12. The highest BCUT2D eigenvalue weighted by Crippen LogP contribution is 2.25. The van der Waals surface area contributed by atoms with Crippen molar-refractivity contribution in [3.63, 3.8) is 0 Å². The molecule has 2 rings (SSSR count). The molecule has 116 valence electrons. The molecule has 7 heteroatoms. The lowest BCUT2D eigenvalue weighted by Crippen LogP contribution is -2.49. The minimum absolute atomic E-state index is 0.0754. The molecule has 21 heavy (non-hydrogen) atoms. The number of carbonyl (C=O) groups excluding carboxylic acids is 1. The van der Waals surface area contributed by atoms with E-state index in [0.717, 1.165) is 17.6 Å². The number of halogens is 3. The Bertz CT molecular complexity index is 510. The second kappa shape index (κ2) is 7.17. The van der Waals surface area contributed by atoms with Gasteiger partial charge in [0.15, 0.2) is 0 Å². The van der Waals surface area contributed by atoms with Crippen LogP contribution in [0.3, 0.4) is 0 Å². The van der Waals surface area contributed by atoms with Gasteiger partial charge in [-0.05, 0) is 37.2 Å². The zero-order valence-corrected chi connectivity index (χ0v) is 13.1. The molecule has 0 radical (unpaired) electrons. The number of carbonyl (C=O) groups is 1. The van der Waals surface area contributed by atoms with Crippen molar-refractivity contribution in [1.82, 2.24) is 10.6 Å². The average Bonchev–Trinajstić information content (AvgIpc) is 2.36. The molecule has 1 aromatic rings. The molecule has 1 fully saturated rings. The Morgan fingerprint density at radius 3 is 2.81 bits per heavy atom. The van der Waals surface area contributed by atoms with Crippen LogP contribution < -0.4 is 15.4 Å². The summed E-state index contributed by atoms with van der Waals surface area (Å²) in [6, 6.07) is 4.73. The Morgan fingerprint density at radius 2 is 2.24 bits per heavy atom. The van der Waals surface area contributed by atoms with Crippen molar-refractivity contribution in [2.24, 2.45) is 11.8 Å². The van der Waals surface area contributed by atoms with Gasteiger partial charge in [0.25, 0.3) is 0 Å². The maximum Gasteiger partial charge on any atom is 0.387 e. The number of hydrogen-bond acceptors (Lipinski definition) is 3. The summed E-state index contributed by atoms with van der Waals surface area (Å²) >= 11 is 3.28. The van der Waals surface area contributed by atoms with Crippen molar-refractivity contribution in [2.75, 3.05) is 13.1 Å². The molecule has 0 aromatic heterocycles. The van der Waals surface area contributed by atoms with E-state index in [0.29, 0.717) is 11.5 Å². The molecule has 0 bridgehead atoms. The van der Waals surface area contributed by atoms with Crippen LogP contribution in [0, 0.1) is 11.8 Å². The summed E-state index contributed by atoms with van der Waals surface area (Å²) in [6.07, 6.45) is 0. The van der Waals surface area contributed by atoms with Crippen molar-refractivity contribution in [3.05, 3.63) is 28.2 Å². The second-order valence-corrected chi connectivity index (χ2v) is 5.97. The van der Waals surface area contributed by atoms with Crippen LogP contribution in [0.5, 0.6) is 5.75 Å². The normalized spacial score (nSPS) is 16.4. The quantitative estimate of drug-likeness (QED) is 0.817. The second-order valence-electron chi connectivity index (χ2n) is 5.06. The van der Waals surface area contributed by atoms with Gasteiger partial charge in [-0.3, -0.25) is 4.79 Å². The van der Waals surface area contributed by atoms with Crippen LogP contribution in [0.4, 0.5) is 8.78 Å². The van der Waals surface area contributed by atoms with Crippen molar-refractivity contribution in [2.45, 2.75) is 20.1 Å². The molecule has 2 N–H and O–H groups in total. The summed E-state index contributed by atoms with van der Waals surface area (Å²) < 4.78 is 29.9. The van der Waals surface area contributed by atoms with Crippen LogP contribution in [-0.2, 0) is 11.3 Å². The monoisotopic (exact) mass is 362 g/mol. The summed E-state index contributed by atoms with van der Waals surface area (Å²) in [5.41, 5.74) is 0.511. The lowest BCUT2D eigenvalue weighted by molar-refractivity contribution is -0.126. The topological polar surface area (TPSA) is 50.4 Å². The van der Waals surface area contributed by atoms with Crippen molar-refractivity contribution in [3.8, 4) is 5.75 Å². The van der Waals surface area contributed by atoms with E-state index >= 15 is 0 Å². The SMILES string of the molecule is CC(C(=O)NCc1cc(Br)ccc1OC(F)F)C1CNC1. The molecule has 0 aliphatic carbocycles. The molecule has 1 aliphatic rings. The predicted octanol–water partition coefficient (Wildman–Crippen LogP) is 2.52. The molecule has 1 saturated heterocycles. The first kappa shape index (κ1) is 16.2. The Balaban J connectivity index is 1.97. The van der Waals surface area contributed by atoms with Gasteiger partial charge < -0.3 is 15.4 Å². The van der Waals surface area contributed by atoms with Crippen LogP contribution >= 0.6 is 15.9 Å². The molecular weight excluding hydrogens is 346 g/mol. The minimum atomic E-state index is -2.89. The fourth-order valence-corrected chi connectivity index (χ4v) is 2.53. The van der Waals surface area contributed by atoms with Gasteiger partial charge in [-0.25, -0.2) is 0 Å². The number of amides is 1. The molecule has 0 spiro atoms. The highest BCUT2D eigenvalue weighted by molar-refractivity contribution is 9.10. The van der Waals surface area contributed by atoms with E-state index < -0.39 is 6.61 Å². The smallest absolute Gasteiger partial charge is 0.387 e. The molecule has 1 aromatic carbocycles. The van der Waals surface area contributed by atoms with Gasteiger partial charge in [0.2, 0.25) is 5.91 Å². The van der Waals surface area contributed by atoms with E-state index in [1.807, 2.05) is 6.92 Å². The van der Waals surface area contributed by atoms with Gasteiger partial charge in [0, 0.05) is 22.5 Å². The van der Waals surface area contributed by atoms with Gasteiger partial charge in [-0.15, -0.1) is 0 Å². The van der Waals surface area contributed by atoms with Crippen LogP contribution in [0.1, 0.15) is 12.5 Å². The first-order valence-electron chi connectivity index (χ1n) is 6.69. The lowest BCUT2D eigenvalue weighted by Gasteiger charge is -2.31. The summed E-state index contributed by atoms with van der Waals surface area (Å²) in [7, 11) is 0. The summed E-state index contributed by atoms with van der Waals surface area (Å²) in [6.45, 7) is 0.820. The predicted molar refractivity (Wildman–Crippen MR) is 78.1 cm³/mol. The molecule has 1 heterocycles. The average molecular weight is 363 g/mol. The lowest BCUT2D eigenvalue weighted by atomic mass is 9.88. The Kier molecular flexibility index (Phi) is 5.52. The standard InChI is InChI=1S/C14H17BrF2N2O2/c1-8(10-5-18-6-10)13(20)19-7-9-4-11(15)2-3-12(9)21-14(16)17/h2-4,8,10,14,18H,5-7H2,1H3,(H,19,20). The highest BCUT2D eigenvalue weighted by Gasteiger charge is 2.28. The molecule has 4 nitrogen and oxygen atoms in total. The third-order valence-corrected chi connectivity index (χ3v) is 4.12. The van der Waals surface area contributed by atoms with E-state index in [-0.39, 0.29) is 24.1 Å². The van der Waals surface area contributed by atoms with Crippen LogP contribution in [0.2, 0.25) is 0 Å². The fraction of sp³-hybridized carbons (Fsp3) is 0.500. The number of benzene rings is 1. The number of ether oxygens (including phenoxy) is 1. The van der Waals surface area contributed by atoms with E-state index in [4.69, 9.17) is 0 Å². The van der Waals surface area contributed by atoms with Gasteiger partial charge in [-0.1, -0.05) is 22.9 Å². The third kappa shape index (κ3) is 4.38. The van der Waals surface area contributed by atoms with Crippen LogP contribution in [0.15, 0.2) is 22.7 Å². The van der Waals surface area contributed by atoms with E-state index in [1.54, 1.807) is 12.1 Å². The molecule has 1 atom stereocenters. The van der Waals surface area contributed by atoms with E-state index in [1.165, 1.54) is 6.07 Å². The van der Waals surface area contributed by atoms with E-state index in [9.17, 15) is 13.6 Å². The van der Waals surface area contributed by atoms with Gasteiger partial charge in [0.1, 0.15) is 5.75 Å². The molecule has 0 saturated carbocycles. The number of rotatable bonds is 6. The Hall–Kier alpha value is -1.21. The summed E-state index contributed by atoms with van der Waals surface area (Å²) in [5, 5.41) is 5.90. The van der Waals surface area contributed by atoms with Crippen molar-refractivity contribution >= 4 is 21.8 Å². The highest BCUT2D eigenvalue weighted by atomic mass is 79.9. The molecule has 1 aliphatic heterocycles. The number of alkyl halides is 2. The first-order chi connectivity index (χ1) is 9.97. The summed E-state index contributed by atoms with van der Waals surface area (Å²) in [5.74, 6) is 0.234. The van der Waals surface area contributed by atoms with Crippen molar-refractivity contribution in [1.29, 1.82) is 0 Å². The van der Waals surface area contributed by atoms with Crippen molar-refractivity contribution < 1.29 is 18.3 Å². The number of hydrogen-bond donors (Lipinski definition) is 2. The Morgan fingerprint density at radius 1 is 1.52 bits per heavy atom. The third-order valence-electron chi connectivity index (χ3n) is 3.63. The maximum atomic E-state index is 12.4. The first-order valence-corrected chi connectivity index (χ1v) is 7.48. The minimum Gasteiger partial charge on any atom is -0.434 e. The largest absolute Gasteiger partial charge is 0.434 e. The van der Waals surface area contributed by atoms with Gasteiger partial charge in [-0.2, -0.15) is 8.78 Å². The summed E-state index contributed by atoms with van der Waals surface area (Å²) in [4.78, 5) is 12.0. The number of nitrogens with one attached hydrogen (secondary N) is 2. The molecular formula is C14H17BrF2N2O2.